The summed E-state index contributed by atoms with van der Waals surface area (Å²) in [6.07, 6.45) is 2.79. The standard InChI is InChI=1S/C24H22F3N7O2/c25-15-11-28-34-17-5-1-13(19(26)20(17)31-24(36)21(15)34)12-32-7-9-33(10-8-32)18-6-4-16(30-22(18)27)23(35)29-14-2-3-14/h1,4-6,11,14H,2-3,7-10,12H2,(H,29,35)(H,31,36). The average Bonchev–Trinajstić information content (AvgIpc) is 3.60. The molecular formula is C24H22F3N7O2. The lowest BCUT2D eigenvalue weighted by Gasteiger charge is -2.36. The average molecular weight is 497 g/mol. The number of halogens is 3. The van der Waals surface area contributed by atoms with E-state index in [1.54, 1.807) is 18.2 Å². The molecule has 2 fully saturated rings. The lowest BCUT2D eigenvalue weighted by molar-refractivity contribution is 0.0945. The molecule has 2 N–H and O–H groups in total. The number of amides is 1. The Morgan fingerprint density at radius 2 is 1.86 bits per heavy atom. The van der Waals surface area contributed by atoms with Gasteiger partial charge in [-0.05, 0) is 31.0 Å². The number of pyridine rings is 1. The van der Waals surface area contributed by atoms with Crippen molar-refractivity contribution in [3.8, 4) is 0 Å². The third kappa shape index (κ3) is 3.96. The van der Waals surface area contributed by atoms with Gasteiger partial charge in [0.2, 0.25) is 5.95 Å². The Hall–Kier alpha value is -3.93. The van der Waals surface area contributed by atoms with Crippen LogP contribution < -0.4 is 15.8 Å². The molecule has 9 nitrogen and oxygen atoms in total. The van der Waals surface area contributed by atoms with Gasteiger partial charge in [-0.25, -0.2) is 18.3 Å². The number of carbonyl (C=O) groups excluding carboxylic acids is 1. The summed E-state index contributed by atoms with van der Waals surface area (Å²) in [4.78, 5) is 34.5. The number of hydrogen-bond donors (Lipinski definition) is 2. The third-order valence-electron chi connectivity index (χ3n) is 6.69. The van der Waals surface area contributed by atoms with Crippen LogP contribution in [0.25, 0.3) is 16.6 Å². The van der Waals surface area contributed by atoms with E-state index >= 15 is 4.39 Å². The minimum atomic E-state index is -0.775. The molecule has 2 aliphatic rings. The van der Waals surface area contributed by atoms with Crippen LogP contribution in [0.3, 0.4) is 0 Å². The van der Waals surface area contributed by atoms with Crippen molar-refractivity contribution in [3.63, 3.8) is 0 Å². The fraction of sp³-hybridized carbons (Fsp3) is 0.333. The molecule has 4 heterocycles. The van der Waals surface area contributed by atoms with Gasteiger partial charge in [0.25, 0.3) is 11.5 Å². The Kier molecular flexibility index (Phi) is 5.40. The summed E-state index contributed by atoms with van der Waals surface area (Å²) in [6, 6.07) is 6.45. The zero-order valence-electron chi connectivity index (χ0n) is 19.1. The number of aromatic amines is 1. The number of anilines is 1. The van der Waals surface area contributed by atoms with Gasteiger partial charge in [0.1, 0.15) is 11.2 Å². The number of benzene rings is 1. The smallest absolute Gasteiger partial charge is 0.277 e. The Balaban J connectivity index is 1.15. The molecule has 1 saturated carbocycles. The van der Waals surface area contributed by atoms with E-state index in [-0.39, 0.29) is 40.7 Å². The van der Waals surface area contributed by atoms with E-state index in [4.69, 9.17) is 0 Å². The molecule has 4 aromatic rings. The van der Waals surface area contributed by atoms with Gasteiger partial charge in [0, 0.05) is 44.3 Å². The molecule has 3 aromatic heterocycles. The Morgan fingerprint density at radius 3 is 2.58 bits per heavy atom. The van der Waals surface area contributed by atoms with Crippen molar-refractivity contribution in [3.05, 3.63) is 69.7 Å². The molecule has 0 spiro atoms. The highest BCUT2D eigenvalue weighted by atomic mass is 19.1. The Morgan fingerprint density at radius 1 is 1.08 bits per heavy atom. The van der Waals surface area contributed by atoms with E-state index in [1.807, 2.05) is 9.80 Å². The lowest BCUT2D eigenvalue weighted by Crippen LogP contribution is -2.46. The molecule has 0 unspecified atom stereocenters. The van der Waals surface area contributed by atoms with E-state index < -0.39 is 23.1 Å². The summed E-state index contributed by atoms with van der Waals surface area (Å²) in [5, 5.41) is 6.64. The van der Waals surface area contributed by atoms with Gasteiger partial charge in [0.15, 0.2) is 17.2 Å². The van der Waals surface area contributed by atoms with Crippen LogP contribution in [0.5, 0.6) is 0 Å². The second kappa shape index (κ2) is 8.63. The Bertz CT molecular complexity index is 1560. The van der Waals surface area contributed by atoms with Crippen LogP contribution in [0.1, 0.15) is 28.9 Å². The fourth-order valence-corrected chi connectivity index (χ4v) is 4.58. The maximum Gasteiger partial charge on any atom is 0.277 e. The Labute approximate surface area is 202 Å². The topological polar surface area (TPSA) is 98.6 Å². The van der Waals surface area contributed by atoms with Crippen LogP contribution in [0.2, 0.25) is 0 Å². The quantitative estimate of drug-likeness (QED) is 0.411. The van der Waals surface area contributed by atoms with Gasteiger partial charge in [-0.1, -0.05) is 6.07 Å². The molecule has 0 atom stereocenters. The van der Waals surface area contributed by atoms with Crippen molar-refractivity contribution in [1.29, 1.82) is 0 Å². The summed E-state index contributed by atoms with van der Waals surface area (Å²) < 4.78 is 44.9. The second-order valence-electron chi connectivity index (χ2n) is 9.16. The molecule has 0 bridgehead atoms. The van der Waals surface area contributed by atoms with Gasteiger partial charge >= 0.3 is 0 Å². The van der Waals surface area contributed by atoms with E-state index in [0.717, 1.165) is 23.6 Å². The van der Waals surface area contributed by atoms with Crippen molar-refractivity contribution in [2.75, 3.05) is 31.1 Å². The van der Waals surface area contributed by atoms with Crippen LogP contribution in [0, 0.1) is 17.6 Å². The molecule has 186 valence electrons. The highest BCUT2D eigenvalue weighted by Crippen LogP contribution is 2.24. The molecule has 1 aromatic carbocycles. The first-order valence-corrected chi connectivity index (χ1v) is 11.7. The maximum atomic E-state index is 15.3. The molecule has 1 amide bonds. The summed E-state index contributed by atoms with van der Waals surface area (Å²) in [6.45, 7) is 2.35. The maximum absolute atomic E-state index is 15.3. The first-order chi connectivity index (χ1) is 17.4. The number of piperazine rings is 1. The van der Waals surface area contributed by atoms with Crippen LogP contribution in [-0.4, -0.2) is 62.6 Å². The van der Waals surface area contributed by atoms with Gasteiger partial charge in [-0.15, -0.1) is 0 Å². The summed E-state index contributed by atoms with van der Waals surface area (Å²) in [7, 11) is 0. The van der Waals surface area contributed by atoms with Crippen LogP contribution >= 0.6 is 0 Å². The minimum Gasteiger partial charge on any atom is -0.365 e. The molecule has 1 aliphatic heterocycles. The number of nitrogens with one attached hydrogen (secondary N) is 2. The summed E-state index contributed by atoms with van der Waals surface area (Å²) in [5.74, 6) is -2.44. The largest absolute Gasteiger partial charge is 0.365 e. The first-order valence-electron chi connectivity index (χ1n) is 11.7. The number of aromatic nitrogens is 4. The summed E-state index contributed by atoms with van der Waals surface area (Å²) >= 11 is 0. The molecule has 36 heavy (non-hydrogen) atoms. The highest BCUT2D eigenvalue weighted by Gasteiger charge is 2.26. The lowest BCUT2D eigenvalue weighted by atomic mass is 10.1. The number of hydrogen-bond acceptors (Lipinski definition) is 6. The fourth-order valence-electron chi connectivity index (χ4n) is 4.58. The molecule has 12 heteroatoms. The SMILES string of the molecule is O=C(NC1CC1)c1ccc(N2CCN(Cc3ccc4c([nH]c(=O)c5c(F)cnn54)c3F)CC2)c(F)n1. The first kappa shape index (κ1) is 22.5. The number of carbonyl (C=O) groups is 1. The number of fused-ring (bicyclic) bond motifs is 3. The normalized spacial score (nSPS) is 16.7. The zero-order chi connectivity index (χ0) is 25.0. The molecule has 1 aliphatic carbocycles. The van der Waals surface area contributed by atoms with Gasteiger partial charge < -0.3 is 15.2 Å². The van der Waals surface area contributed by atoms with Crippen molar-refractivity contribution >= 4 is 28.1 Å². The van der Waals surface area contributed by atoms with E-state index in [9.17, 15) is 18.4 Å². The monoisotopic (exact) mass is 497 g/mol. The van der Waals surface area contributed by atoms with Gasteiger partial charge in [-0.3, -0.25) is 14.5 Å². The highest BCUT2D eigenvalue weighted by molar-refractivity contribution is 5.92. The molecule has 6 rings (SSSR count). The van der Waals surface area contributed by atoms with Crippen molar-refractivity contribution < 1.29 is 18.0 Å². The predicted molar refractivity (Wildman–Crippen MR) is 125 cm³/mol. The van der Waals surface area contributed by atoms with Crippen molar-refractivity contribution in [2.45, 2.75) is 25.4 Å². The van der Waals surface area contributed by atoms with E-state index in [2.05, 4.69) is 20.4 Å². The van der Waals surface area contributed by atoms with Crippen LogP contribution in [0.15, 0.2) is 35.3 Å². The number of rotatable bonds is 5. The predicted octanol–water partition coefficient (Wildman–Crippen LogP) is 2.20. The van der Waals surface area contributed by atoms with Crippen LogP contribution in [-0.2, 0) is 6.54 Å². The van der Waals surface area contributed by atoms with Crippen molar-refractivity contribution in [2.24, 2.45) is 0 Å². The van der Waals surface area contributed by atoms with Gasteiger partial charge in [-0.2, -0.15) is 9.49 Å². The second-order valence-corrected chi connectivity index (χ2v) is 9.16. The number of H-pyrrole nitrogens is 1. The molecular weight excluding hydrogens is 475 g/mol. The minimum absolute atomic E-state index is 0.0364. The zero-order valence-corrected chi connectivity index (χ0v) is 19.1. The molecule has 1 saturated heterocycles. The van der Waals surface area contributed by atoms with Gasteiger partial charge in [0.05, 0.1) is 17.4 Å². The van der Waals surface area contributed by atoms with Crippen molar-refractivity contribution in [1.82, 2.24) is 29.8 Å². The van der Waals surface area contributed by atoms with E-state index in [0.29, 0.717) is 37.4 Å². The number of nitrogens with zero attached hydrogens (tertiary/aromatic N) is 5. The van der Waals surface area contributed by atoms with Crippen LogP contribution in [0.4, 0.5) is 18.9 Å². The molecule has 0 radical (unpaired) electrons. The third-order valence-corrected chi connectivity index (χ3v) is 6.69. The summed E-state index contributed by atoms with van der Waals surface area (Å²) in [5.41, 5.74) is -0.0397. The van der Waals surface area contributed by atoms with E-state index in [1.165, 1.54) is 6.07 Å².